The van der Waals surface area contributed by atoms with Crippen LogP contribution in [0.1, 0.15) is 30.4 Å². The molecule has 0 saturated heterocycles. The average molecular weight is 339 g/mol. The topological polar surface area (TPSA) is 66.4 Å². The summed E-state index contributed by atoms with van der Waals surface area (Å²) in [6, 6.07) is 4.61. The first kappa shape index (κ1) is 17.9. The van der Waals surface area contributed by atoms with Crippen molar-refractivity contribution in [3.05, 3.63) is 35.4 Å². The lowest BCUT2D eigenvalue weighted by atomic mass is 9.95. The third-order valence-electron chi connectivity index (χ3n) is 3.94. The van der Waals surface area contributed by atoms with Gasteiger partial charge in [-0.05, 0) is 31.0 Å². The highest BCUT2D eigenvalue weighted by Gasteiger charge is 2.37. The highest BCUT2D eigenvalue weighted by Crippen LogP contribution is 2.32. The molecule has 0 bridgehead atoms. The number of hydrogen-bond acceptors (Lipinski definition) is 2. The van der Waals surface area contributed by atoms with E-state index in [1.54, 1.807) is 0 Å². The van der Waals surface area contributed by atoms with Crippen molar-refractivity contribution in [3.63, 3.8) is 0 Å². The summed E-state index contributed by atoms with van der Waals surface area (Å²) in [6.07, 6.45) is -2.75. The van der Waals surface area contributed by atoms with Gasteiger partial charge < -0.3 is 10.4 Å². The molecule has 0 aliphatic heterocycles. The molecule has 0 unspecified atom stereocenters. The molecule has 1 aliphatic carbocycles. The summed E-state index contributed by atoms with van der Waals surface area (Å²) in [5, 5.41) is 11.6. The molecule has 2 rings (SSSR count). The summed E-state index contributed by atoms with van der Waals surface area (Å²) in [4.78, 5) is 23.0. The van der Waals surface area contributed by atoms with Gasteiger partial charge in [-0.2, -0.15) is 13.2 Å². The summed E-state index contributed by atoms with van der Waals surface area (Å²) in [5.74, 6) is 2.53. The fourth-order valence-electron chi connectivity index (χ4n) is 2.75. The minimum absolute atomic E-state index is 0.0437. The van der Waals surface area contributed by atoms with E-state index in [2.05, 4.69) is 17.2 Å². The van der Waals surface area contributed by atoms with E-state index in [-0.39, 0.29) is 18.0 Å². The van der Waals surface area contributed by atoms with Gasteiger partial charge in [0, 0.05) is 5.56 Å². The van der Waals surface area contributed by atoms with Gasteiger partial charge in [-0.1, -0.05) is 24.3 Å². The number of carbonyl (C=O) groups excluding carboxylic acids is 1. The molecule has 1 aromatic rings. The van der Waals surface area contributed by atoms with Crippen molar-refractivity contribution in [2.75, 3.05) is 6.54 Å². The Morgan fingerprint density at radius 1 is 1.25 bits per heavy atom. The Kier molecular flexibility index (Phi) is 5.50. The zero-order chi connectivity index (χ0) is 17.7. The number of benzene rings is 1. The predicted molar refractivity (Wildman–Crippen MR) is 79.8 cm³/mol. The molecule has 0 heterocycles. The van der Waals surface area contributed by atoms with Crippen LogP contribution < -0.4 is 5.32 Å². The van der Waals surface area contributed by atoms with E-state index in [1.807, 2.05) is 0 Å². The van der Waals surface area contributed by atoms with Crippen LogP contribution in [0.3, 0.4) is 0 Å². The fourth-order valence-corrected chi connectivity index (χ4v) is 2.75. The predicted octanol–water partition coefficient (Wildman–Crippen LogP) is 2.67. The Morgan fingerprint density at radius 2 is 1.96 bits per heavy atom. The number of aliphatic carboxylic acids is 1. The maximum Gasteiger partial charge on any atom is 0.416 e. The maximum atomic E-state index is 12.6. The van der Waals surface area contributed by atoms with Crippen molar-refractivity contribution >= 4 is 11.9 Å². The van der Waals surface area contributed by atoms with E-state index >= 15 is 0 Å². The summed E-state index contributed by atoms with van der Waals surface area (Å²) in [5.41, 5.74) is -0.586. The van der Waals surface area contributed by atoms with Gasteiger partial charge in [-0.15, -0.1) is 0 Å². The highest BCUT2D eigenvalue weighted by atomic mass is 19.4. The van der Waals surface area contributed by atoms with E-state index in [0.29, 0.717) is 19.3 Å². The molecular weight excluding hydrogens is 323 g/mol. The first-order valence-corrected chi connectivity index (χ1v) is 7.45. The van der Waals surface area contributed by atoms with Gasteiger partial charge in [0.25, 0.3) is 0 Å². The average Bonchev–Trinajstić information content (AvgIpc) is 3.01. The second kappa shape index (κ2) is 7.39. The lowest BCUT2D eigenvalue weighted by Gasteiger charge is -2.14. The number of rotatable bonds is 3. The lowest BCUT2D eigenvalue weighted by molar-refractivity contribution is -0.146. The molecule has 7 heteroatoms. The third-order valence-corrected chi connectivity index (χ3v) is 3.94. The molecule has 2 N–H and O–H groups in total. The number of amides is 1. The van der Waals surface area contributed by atoms with Crippen LogP contribution in [0.5, 0.6) is 0 Å². The molecular formula is C17H16F3NO3. The van der Waals surface area contributed by atoms with Crippen LogP contribution in [0.15, 0.2) is 24.3 Å². The molecule has 0 aromatic heterocycles. The zero-order valence-electron chi connectivity index (χ0n) is 12.7. The molecule has 4 nitrogen and oxygen atoms in total. The lowest BCUT2D eigenvalue weighted by Crippen LogP contribution is -2.35. The van der Waals surface area contributed by atoms with Crippen molar-refractivity contribution in [3.8, 4) is 11.8 Å². The van der Waals surface area contributed by atoms with Crippen LogP contribution in [0.2, 0.25) is 0 Å². The third kappa shape index (κ3) is 4.51. The second-order valence-electron chi connectivity index (χ2n) is 5.58. The van der Waals surface area contributed by atoms with Gasteiger partial charge in [0.15, 0.2) is 0 Å². The Balaban J connectivity index is 1.92. The van der Waals surface area contributed by atoms with Crippen LogP contribution in [0.25, 0.3) is 0 Å². The largest absolute Gasteiger partial charge is 0.481 e. The summed E-state index contributed by atoms with van der Waals surface area (Å²) in [6.45, 7) is -0.0437. The van der Waals surface area contributed by atoms with E-state index < -0.39 is 29.5 Å². The minimum Gasteiger partial charge on any atom is -0.481 e. The van der Waals surface area contributed by atoms with Crippen LogP contribution in [0.4, 0.5) is 13.2 Å². The molecule has 1 saturated carbocycles. The SMILES string of the molecule is O=C(NCC#Cc1cccc(C(F)(F)F)c1)[C@H]1CCC[C@H]1C(=O)O. The van der Waals surface area contributed by atoms with Crippen molar-refractivity contribution in [2.45, 2.75) is 25.4 Å². The van der Waals surface area contributed by atoms with Gasteiger partial charge in [-0.25, -0.2) is 0 Å². The molecule has 0 spiro atoms. The fraction of sp³-hybridized carbons (Fsp3) is 0.412. The summed E-state index contributed by atoms with van der Waals surface area (Å²) >= 11 is 0. The van der Waals surface area contributed by atoms with Gasteiger partial charge in [0.05, 0.1) is 23.9 Å². The number of nitrogens with one attached hydrogen (secondary N) is 1. The van der Waals surface area contributed by atoms with E-state index in [1.165, 1.54) is 12.1 Å². The van der Waals surface area contributed by atoms with E-state index in [9.17, 15) is 22.8 Å². The highest BCUT2D eigenvalue weighted by molar-refractivity contribution is 5.85. The van der Waals surface area contributed by atoms with Crippen LogP contribution >= 0.6 is 0 Å². The molecule has 1 amide bonds. The van der Waals surface area contributed by atoms with Gasteiger partial charge in [0.2, 0.25) is 5.91 Å². The number of hydrogen-bond donors (Lipinski definition) is 2. The number of carbonyl (C=O) groups is 2. The molecule has 1 aromatic carbocycles. The second-order valence-corrected chi connectivity index (χ2v) is 5.58. The van der Waals surface area contributed by atoms with E-state index in [0.717, 1.165) is 12.1 Å². The Morgan fingerprint density at radius 3 is 2.62 bits per heavy atom. The van der Waals surface area contributed by atoms with Gasteiger partial charge >= 0.3 is 12.1 Å². The van der Waals surface area contributed by atoms with Crippen LogP contribution in [0, 0.1) is 23.7 Å². The number of carboxylic acid groups (broad SMARTS) is 1. The van der Waals surface area contributed by atoms with Crippen LogP contribution in [-0.2, 0) is 15.8 Å². The van der Waals surface area contributed by atoms with E-state index in [4.69, 9.17) is 5.11 Å². The normalized spacial score (nSPS) is 20.1. The molecule has 1 aliphatic rings. The van der Waals surface area contributed by atoms with Gasteiger partial charge in [-0.3, -0.25) is 9.59 Å². The summed E-state index contributed by atoms with van der Waals surface area (Å²) in [7, 11) is 0. The quantitative estimate of drug-likeness (QED) is 0.832. The molecule has 0 radical (unpaired) electrons. The first-order valence-electron chi connectivity index (χ1n) is 7.45. The zero-order valence-corrected chi connectivity index (χ0v) is 12.7. The number of halogens is 3. The van der Waals surface area contributed by atoms with Crippen molar-refractivity contribution in [1.82, 2.24) is 5.32 Å². The molecule has 128 valence electrons. The van der Waals surface area contributed by atoms with Crippen LogP contribution in [-0.4, -0.2) is 23.5 Å². The first-order chi connectivity index (χ1) is 11.3. The maximum absolute atomic E-state index is 12.6. The monoisotopic (exact) mass is 339 g/mol. The molecule has 2 atom stereocenters. The van der Waals surface area contributed by atoms with Crippen molar-refractivity contribution in [2.24, 2.45) is 11.8 Å². The van der Waals surface area contributed by atoms with Crippen molar-refractivity contribution < 1.29 is 27.9 Å². The van der Waals surface area contributed by atoms with Gasteiger partial charge in [0.1, 0.15) is 0 Å². The Hall–Kier alpha value is -2.49. The van der Waals surface area contributed by atoms with Crippen molar-refractivity contribution in [1.29, 1.82) is 0 Å². The summed E-state index contributed by atoms with van der Waals surface area (Å²) < 4.78 is 37.8. The Bertz CT molecular complexity index is 688. The Labute approximate surface area is 137 Å². The molecule has 1 fully saturated rings. The minimum atomic E-state index is -4.43. The number of carboxylic acids is 1. The molecule has 24 heavy (non-hydrogen) atoms. The number of alkyl halides is 3. The smallest absolute Gasteiger partial charge is 0.416 e. The standard InChI is InChI=1S/C17H16F3NO3/c18-17(19,20)12-6-1-4-11(10-12)5-3-9-21-15(22)13-7-2-8-14(13)16(23)24/h1,4,6,10,13-14H,2,7-9H2,(H,21,22)(H,23,24)/t13-,14+/m0/s1.